The summed E-state index contributed by atoms with van der Waals surface area (Å²) < 4.78 is 7.53. The molecule has 0 spiro atoms. The lowest BCUT2D eigenvalue weighted by molar-refractivity contribution is 0.281. The summed E-state index contributed by atoms with van der Waals surface area (Å²) in [7, 11) is 1.84. The van der Waals surface area contributed by atoms with Gasteiger partial charge >= 0.3 is 0 Å². The molecular weight excluding hydrogens is 242 g/mol. The number of benzene rings is 1. The zero-order valence-corrected chi connectivity index (χ0v) is 11.1. The summed E-state index contributed by atoms with van der Waals surface area (Å²) >= 11 is 0. The standard InChI is InChI=1S/C14H15N3O2/c1-9-14(10(2)17(3)16-9)19-13-5-4-11(8-18)6-12(13)7-15/h4-6,18H,8H2,1-3H3. The summed E-state index contributed by atoms with van der Waals surface area (Å²) in [6.45, 7) is 3.67. The topological polar surface area (TPSA) is 71.1 Å². The summed E-state index contributed by atoms with van der Waals surface area (Å²) in [5, 5.41) is 22.5. The average Bonchev–Trinajstić information content (AvgIpc) is 2.65. The molecule has 98 valence electrons. The number of ether oxygens (including phenoxy) is 1. The van der Waals surface area contributed by atoms with Crippen LogP contribution in [-0.4, -0.2) is 14.9 Å². The van der Waals surface area contributed by atoms with Gasteiger partial charge in [-0.3, -0.25) is 4.68 Å². The quantitative estimate of drug-likeness (QED) is 0.915. The van der Waals surface area contributed by atoms with Crippen molar-refractivity contribution in [3.8, 4) is 17.6 Å². The van der Waals surface area contributed by atoms with E-state index in [1.54, 1.807) is 22.9 Å². The number of hydrogen-bond acceptors (Lipinski definition) is 4. The molecule has 2 rings (SSSR count). The first-order valence-corrected chi connectivity index (χ1v) is 5.88. The summed E-state index contributed by atoms with van der Waals surface area (Å²) in [5.41, 5.74) is 2.75. The van der Waals surface area contributed by atoms with Gasteiger partial charge in [-0.05, 0) is 31.5 Å². The molecule has 0 aliphatic carbocycles. The van der Waals surface area contributed by atoms with Crippen molar-refractivity contribution in [2.75, 3.05) is 0 Å². The fourth-order valence-electron chi connectivity index (χ4n) is 1.86. The Hall–Kier alpha value is -2.32. The van der Waals surface area contributed by atoms with Crippen molar-refractivity contribution >= 4 is 0 Å². The van der Waals surface area contributed by atoms with Gasteiger partial charge in [0.1, 0.15) is 17.5 Å². The molecule has 19 heavy (non-hydrogen) atoms. The highest BCUT2D eigenvalue weighted by Gasteiger charge is 2.14. The fourth-order valence-corrected chi connectivity index (χ4v) is 1.86. The van der Waals surface area contributed by atoms with Crippen LogP contribution < -0.4 is 4.74 Å². The predicted octanol–water partition coefficient (Wildman–Crippen LogP) is 2.19. The molecule has 0 saturated heterocycles. The van der Waals surface area contributed by atoms with Gasteiger partial charge in [0.2, 0.25) is 0 Å². The maximum absolute atomic E-state index is 9.13. The fraction of sp³-hybridized carbons (Fsp3) is 0.286. The molecule has 5 nitrogen and oxygen atoms in total. The Morgan fingerprint density at radius 1 is 1.42 bits per heavy atom. The molecule has 1 heterocycles. The van der Waals surface area contributed by atoms with Crippen LogP contribution in [0.4, 0.5) is 0 Å². The molecule has 0 aliphatic heterocycles. The Morgan fingerprint density at radius 3 is 2.68 bits per heavy atom. The zero-order valence-electron chi connectivity index (χ0n) is 11.1. The number of aromatic nitrogens is 2. The molecule has 0 radical (unpaired) electrons. The van der Waals surface area contributed by atoms with Gasteiger partial charge in [0.05, 0.1) is 17.9 Å². The number of aliphatic hydroxyl groups is 1. The Balaban J connectivity index is 2.41. The third kappa shape index (κ3) is 2.44. The second-order valence-corrected chi connectivity index (χ2v) is 4.33. The smallest absolute Gasteiger partial charge is 0.171 e. The Bertz CT molecular complexity index is 653. The predicted molar refractivity (Wildman–Crippen MR) is 69.8 cm³/mol. The molecule has 1 aromatic heterocycles. The van der Waals surface area contributed by atoms with Crippen molar-refractivity contribution in [3.05, 3.63) is 40.7 Å². The van der Waals surface area contributed by atoms with Crippen LogP contribution >= 0.6 is 0 Å². The van der Waals surface area contributed by atoms with Crippen molar-refractivity contribution < 1.29 is 9.84 Å². The van der Waals surface area contributed by atoms with E-state index in [0.29, 0.717) is 22.6 Å². The van der Waals surface area contributed by atoms with E-state index in [1.807, 2.05) is 20.9 Å². The van der Waals surface area contributed by atoms with E-state index in [4.69, 9.17) is 15.1 Å². The maximum Gasteiger partial charge on any atom is 0.171 e. The number of rotatable bonds is 3. The molecule has 1 aromatic carbocycles. The summed E-state index contributed by atoms with van der Waals surface area (Å²) in [4.78, 5) is 0. The van der Waals surface area contributed by atoms with Crippen molar-refractivity contribution in [3.63, 3.8) is 0 Å². The first-order chi connectivity index (χ1) is 9.06. The maximum atomic E-state index is 9.13. The lowest BCUT2D eigenvalue weighted by Crippen LogP contribution is -1.94. The molecule has 5 heteroatoms. The van der Waals surface area contributed by atoms with Gasteiger partial charge in [0.15, 0.2) is 5.75 Å². The normalized spacial score (nSPS) is 10.3. The van der Waals surface area contributed by atoms with E-state index in [2.05, 4.69) is 11.2 Å². The molecule has 0 unspecified atom stereocenters. The van der Waals surface area contributed by atoms with Gasteiger partial charge in [0.25, 0.3) is 0 Å². The lowest BCUT2D eigenvalue weighted by Gasteiger charge is -2.08. The summed E-state index contributed by atoms with van der Waals surface area (Å²) in [5.74, 6) is 1.13. The van der Waals surface area contributed by atoms with E-state index < -0.39 is 0 Å². The van der Waals surface area contributed by atoms with Gasteiger partial charge in [-0.15, -0.1) is 0 Å². The van der Waals surface area contributed by atoms with Crippen LogP contribution in [-0.2, 0) is 13.7 Å². The molecule has 0 bridgehead atoms. The number of nitrogens with zero attached hydrogens (tertiary/aromatic N) is 3. The zero-order chi connectivity index (χ0) is 14.0. The average molecular weight is 257 g/mol. The van der Waals surface area contributed by atoms with Crippen LogP contribution in [0.3, 0.4) is 0 Å². The number of aryl methyl sites for hydroxylation is 2. The minimum Gasteiger partial charge on any atom is -0.452 e. The third-order valence-corrected chi connectivity index (χ3v) is 3.00. The van der Waals surface area contributed by atoms with Crippen molar-refractivity contribution in [2.45, 2.75) is 20.5 Å². The van der Waals surface area contributed by atoms with E-state index >= 15 is 0 Å². The molecule has 0 atom stereocenters. The summed E-state index contributed by atoms with van der Waals surface area (Å²) in [6, 6.07) is 7.12. The van der Waals surface area contributed by atoms with Gasteiger partial charge in [-0.2, -0.15) is 10.4 Å². The van der Waals surface area contributed by atoms with Crippen LogP contribution in [0.25, 0.3) is 0 Å². The van der Waals surface area contributed by atoms with Gasteiger partial charge in [-0.1, -0.05) is 6.07 Å². The summed E-state index contributed by atoms with van der Waals surface area (Å²) in [6.07, 6.45) is 0. The number of aliphatic hydroxyl groups excluding tert-OH is 1. The first kappa shape index (κ1) is 13.1. The minimum atomic E-state index is -0.0973. The van der Waals surface area contributed by atoms with E-state index in [1.165, 1.54) is 0 Å². The van der Waals surface area contributed by atoms with Crippen molar-refractivity contribution in [2.24, 2.45) is 7.05 Å². The monoisotopic (exact) mass is 257 g/mol. The first-order valence-electron chi connectivity index (χ1n) is 5.88. The Morgan fingerprint density at radius 2 is 2.16 bits per heavy atom. The Labute approximate surface area is 111 Å². The van der Waals surface area contributed by atoms with E-state index in [-0.39, 0.29) is 6.61 Å². The number of hydrogen-bond donors (Lipinski definition) is 1. The SMILES string of the molecule is Cc1nn(C)c(C)c1Oc1ccc(CO)cc1C#N. The van der Waals surface area contributed by atoms with E-state index in [0.717, 1.165) is 11.4 Å². The van der Waals surface area contributed by atoms with Gasteiger partial charge < -0.3 is 9.84 Å². The second kappa shape index (κ2) is 5.12. The largest absolute Gasteiger partial charge is 0.452 e. The lowest BCUT2D eigenvalue weighted by atomic mass is 10.1. The third-order valence-electron chi connectivity index (χ3n) is 3.00. The highest BCUT2D eigenvalue weighted by atomic mass is 16.5. The second-order valence-electron chi connectivity index (χ2n) is 4.33. The van der Waals surface area contributed by atoms with Crippen molar-refractivity contribution in [1.82, 2.24) is 9.78 Å². The molecule has 1 N–H and O–H groups in total. The molecule has 2 aromatic rings. The molecule has 0 fully saturated rings. The molecule has 0 aliphatic rings. The molecule has 0 amide bonds. The highest BCUT2D eigenvalue weighted by molar-refractivity contribution is 5.48. The van der Waals surface area contributed by atoms with Crippen LogP contribution in [0, 0.1) is 25.2 Å². The molecular formula is C14H15N3O2. The van der Waals surface area contributed by atoms with Gasteiger partial charge in [0, 0.05) is 7.05 Å². The Kier molecular flexibility index (Phi) is 3.54. The highest BCUT2D eigenvalue weighted by Crippen LogP contribution is 2.30. The van der Waals surface area contributed by atoms with Crippen LogP contribution in [0.2, 0.25) is 0 Å². The minimum absolute atomic E-state index is 0.0973. The number of nitriles is 1. The van der Waals surface area contributed by atoms with E-state index in [9.17, 15) is 0 Å². The van der Waals surface area contributed by atoms with Crippen molar-refractivity contribution in [1.29, 1.82) is 5.26 Å². The van der Waals surface area contributed by atoms with Crippen LogP contribution in [0.5, 0.6) is 11.5 Å². The van der Waals surface area contributed by atoms with Crippen LogP contribution in [0.1, 0.15) is 22.5 Å². The van der Waals surface area contributed by atoms with Gasteiger partial charge in [-0.25, -0.2) is 0 Å². The van der Waals surface area contributed by atoms with Crippen LogP contribution in [0.15, 0.2) is 18.2 Å². The molecule has 0 saturated carbocycles.